The van der Waals surface area contributed by atoms with E-state index in [1.165, 1.54) is 0 Å². The van der Waals surface area contributed by atoms with E-state index in [1.54, 1.807) is 6.08 Å². The van der Waals surface area contributed by atoms with Crippen LogP contribution in [-0.4, -0.2) is 25.5 Å². The SMILES string of the molecule is C=CCNC(=O)CNCCCC. The molecule has 0 rings (SSSR count). The van der Waals surface area contributed by atoms with E-state index in [1.807, 2.05) is 0 Å². The van der Waals surface area contributed by atoms with E-state index in [9.17, 15) is 4.79 Å². The van der Waals surface area contributed by atoms with Crippen LogP contribution in [0.5, 0.6) is 0 Å². The minimum atomic E-state index is 0.0333. The molecule has 0 saturated heterocycles. The zero-order chi connectivity index (χ0) is 9.23. The van der Waals surface area contributed by atoms with Crippen LogP contribution in [0.1, 0.15) is 19.8 Å². The van der Waals surface area contributed by atoms with Gasteiger partial charge in [-0.15, -0.1) is 6.58 Å². The molecule has 0 aromatic carbocycles. The van der Waals surface area contributed by atoms with Crippen LogP contribution < -0.4 is 10.6 Å². The van der Waals surface area contributed by atoms with Gasteiger partial charge in [-0.3, -0.25) is 4.79 Å². The van der Waals surface area contributed by atoms with Crippen LogP contribution in [0, 0.1) is 0 Å². The highest BCUT2D eigenvalue weighted by atomic mass is 16.1. The highest BCUT2D eigenvalue weighted by Crippen LogP contribution is 1.81. The topological polar surface area (TPSA) is 41.1 Å². The number of hydrogen-bond donors (Lipinski definition) is 2. The van der Waals surface area contributed by atoms with Crippen molar-refractivity contribution in [2.75, 3.05) is 19.6 Å². The first-order chi connectivity index (χ1) is 5.81. The van der Waals surface area contributed by atoms with Crippen LogP contribution in [0.3, 0.4) is 0 Å². The first-order valence-corrected chi connectivity index (χ1v) is 4.39. The van der Waals surface area contributed by atoms with Crippen LogP contribution in [0.25, 0.3) is 0 Å². The van der Waals surface area contributed by atoms with Crippen molar-refractivity contribution in [1.29, 1.82) is 0 Å². The molecule has 3 nitrogen and oxygen atoms in total. The van der Waals surface area contributed by atoms with E-state index >= 15 is 0 Å². The quantitative estimate of drug-likeness (QED) is 0.436. The lowest BCUT2D eigenvalue weighted by Crippen LogP contribution is -2.34. The van der Waals surface area contributed by atoms with Gasteiger partial charge in [-0.2, -0.15) is 0 Å². The van der Waals surface area contributed by atoms with Crippen molar-refractivity contribution in [3.63, 3.8) is 0 Å². The summed E-state index contributed by atoms with van der Waals surface area (Å²) in [4.78, 5) is 10.9. The smallest absolute Gasteiger partial charge is 0.234 e. The van der Waals surface area contributed by atoms with Crippen LogP contribution in [0.15, 0.2) is 12.7 Å². The number of carbonyl (C=O) groups is 1. The molecular formula is C9H18N2O. The van der Waals surface area contributed by atoms with Crippen molar-refractivity contribution in [3.8, 4) is 0 Å². The first kappa shape index (κ1) is 11.2. The zero-order valence-electron chi connectivity index (χ0n) is 7.73. The minimum Gasteiger partial charge on any atom is -0.352 e. The largest absolute Gasteiger partial charge is 0.352 e. The van der Waals surface area contributed by atoms with Gasteiger partial charge in [0, 0.05) is 6.54 Å². The summed E-state index contributed by atoms with van der Waals surface area (Å²) in [7, 11) is 0. The molecule has 0 radical (unpaired) electrons. The summed E-state index contributed by atoms with van der Waals surface area (Å²) < 4.78 is 0. The number of amides is 1. The van der Waals surface area contributed by atoms with Crippen LogP contribution in [0.2, 0.25) is 0 Å². The molecule has 0 aliphatic rings. The van der Waals surface area contributed by atoms with E-state index in [2.05, 4.69) is 24.1 Å². The molecule has 0 aliphatic carbocycles. The van der Waals surface area contributed by atoms with Crippen molar-refractivity contribution in [2.24, 2.45) is 0 Å². The highest BCUT2D eigenvalue weighted by molar-refractivity contribution is 5.78. The summed E-state index contributed by atoms with van der Waals surface area (Å²) in [6.07, 6.45) is 3.94. The van der Waals surface area contributed by atoms with Gasteiger partial charge in [0.05, 0.1) is 6.54 Å². The Morgan fingerprint density at radius 2 is 2.33 bits per heavy atom. The lowest BCUT2D eigenvalue weighted by molar-refractivity contribution is -0.120. The molecule has 1 amide bonds. The molecule has 0 bridgehead atoms. The second-order valence-electron chi connectivity index (χ2n) is 2.62. The van der Waals surface area contributed by atoms with Gasteiger partial charge in [0.25, 0.3) is 0 Å². The van der Waals surface area contributed by atoms with E-state index in [-0.39, 0.29) is 5.91 Å². The Labute approximate surface area is 74.2 Å². The van der Waals surface area contributed by atoms with Crippen LogP contribution in [-0.2, 0) is 4.79 Å². The Morgan fingerprint density at radius 3 is 2.92 bits per heavy atom. The maximum absolute atomic E-state index is 10.9. The highest BCUT2D eigenvalue weighted by Gasteiger charge is 1.96. The molecule has 0 aromatic heterocycles. The second-order valence-corrected chi connectivity index (χ2v) is 2.62. The molecule has 70 valence electrons. The van der Waals surface area contributed by atoms with Crippen molar-refractivity contribution < 1.29 is 4.79 Å². The standard InChI is InChI=1S/C9H18N2O/c1-3-5-7-10-8-9(12)11-6-4-2/h4,10H,2-3,5-8H2,1H3,(H,11,12). The Bertz CT molecular complexity index is 134. The number of nitrogens with one attached hydrogen (secondary N) is 2. The maximum atomic E-state index is 10.9. The van der Waals surface area contributed by atoms with Gasteiger partial charge in [0.15, 0.2) is 0 Å². The van der Waals surface area contributed by atoms with Crippen molar-refractivity contribution in [2.45, 2.75) is 19.8 Å². The summed E-state index contributed by atoms with van der Waals surface area (Å²) in [5, 5.41) is 5.74. The molecule has 0 aromatic rings. The molecule has 0 heterocycles. The van der Waals surface area contributed by atoms with Crippen molar-refractivity contribution in [3.05, 3.63) is 12.7 Å². The lowest BCUT2D eigenvalue weighted by atomic mass is 10.3. The van der Waals surface area contributed by atoms with Crippen molar-refractivity contribution in [1.82, 2.24) is 10.6 Å². The summed E-state index contributed by atoms with van der Waals surface area (Å²) in [6.45, 7) is 7.51. The molecule has 0 fully saturated rings. The van der Waals surface area contributed by atoms with Gasteiger partial charge >= 0.3 is 0 Å². The Morgan fingerprint density at radius 1 is 1.58 bits per heavy atom. The number of carbonyl (C=O) groups excluding carboxylic acids is 1. The lowest BCUT2D eigenvalue weighted by Gasteiger charge is -2.03. The second kappa shape index (κ2) is 8.27. The predicted octanol–water partition coefficient (Wildman–Crippen LogP) is 0.678. The molecule has 0 spiro atoms. The number of rotatable bonds is 7. The fourth-order valence-corrected chi connectivity index (χ4v) is 0.752. The third kappa shape index (κ3) is 7.28. The predicted molar refractivity (Wildman–Crippen MR) is 51.0 cm³/mol. The monoisotopic (exact) mass is 170 g/mol. The average molecular weight is 170 g/mol. The van der Waals surface area contributed by atoms with Crippen LogP contribution in [0.4, 0.5) is 0 Å². The molecule has 12 heavy (non-hydrogen) atoms. The molecule has 2 N–H and O–H groups in total. The van der Waals surface area contributed by atoms with Gasteiger partial charge in [0.1, 0.15) is 0 Å². The number of unbranched alkanes of at least 4 members (excludes halogenated alkanes) is 1. The number of hydrogen-bond acceptors (Lipinski definition) is 2. The minimum absolute atomic E-state index is 0.0333. The molecule has 0 atom stereocenters. The zero-order valence-corrected chi connectivity index (χ0v) is 7.73. The van der Waals surface area contributed by atoms with Crippen LogP contribution >= 0.6 is 0 Å². The third-order valence-electron chi connectivity index (χ3n) is 1.44. The molecular weight excluding hydrogens is 152 g/mol. The molecule has 3 heteroatoms. The third-order valence-corrected chi connectivity index (χ3v) is 1.44. The summed E-state index contributed by atoms with van der Waals surface area (Å²) in [5.74, 6) is 0.0333. The van der Waals surface area contributed by atoms with Gasteiger partial charge in [-0.25, -0.2) is 0 Å². The van der Waals surface area contributed by atoms with Gasteiger partial charge in [-0.05, 0) is 13.0 Å². The normalized spacial score (nSPS) is 9.42. The summed E-state index contributed by atoms with van der Waals surface area (Å²) >= 11 is 0. The van der Waals surface area contributed by atoms with E-state index in [0.29, 0.717) is 13.1 Å². The fraction of sp³-hybridized carbons (Fsp3) is 0.667. The van der Waals surface area contributed by atoms with E-state index in [0.717, 1.165) is 19.4 Å². The summed E-state index contributed by atoms with van der Waals surface area (Å²) in [6, 6.07) is 0. The fourth-order valence-electron chi connectivity index (χ4n) is 0.752. The molecule has 0 unspecified atom stereocenters. The Hall–Kier alpha value is -0.830. The van der Waals surface area contributed by atoms with Gasteiger partial charge in [0.2, 0.25) is 5.91 Å². The van der Waals surface area contributed by atoms with Gasteiger partial charge in [-0.1, -0.05) is 19.4 Å². The van der Waals surface area contributed by atoms with Gasteiger partial charge < -0.3 is 10.6 Å². The average Bonchev–Trinajstić information content (AvgIpc) is 2.09. The maximum Gasteiger partial charge on any atom is 0.234 e. The summed E-state index contributed by atoms with van der Waals surface area (Å²) in [5.41, 5.74) is 0. The first-order valence-electron chi connectivity index (χ1n) is 4.39. The Balaban J connectivity index is 3.13. The van der Waals surface area contributed by atoms with E-state index in [4.69, 9.17) is 0 Å². The molecule has 0 saturated carbocycles. The van der Waals surface area contributed by atoms with E-state index < -0.39 is 0 Å². The van der Waals surface area contributed by atoms with Crippen molar-refractivity contribution >= 4 is 5.91 Å². The Kier molecular flexibility index (Phi) is 7.70. The molecule has 0 aliphatic heterocycles.